The van der Waals surface area contributed by atoms with E-state index in [1.165, 1.54) is 10.5 Å². The van der Waals surface area contributed by atoms with Crippen molar-refractivity contribution in [2.45, 2.75) is 44.2 Å². The average molecular weight is 286 g/mol. The van der Waals surface area contributed by atoms with Crippen molar-refractivity contribution in [2.75, 3.05) is 13.1 Å². The third kappa shape index (κ3) is 2.82. The zero-order valence-electron chi connectivity index (χ0n) is 11.5. The van der Waals surface area contributed by atoms with Crippen molar-refractivity contribution in [3.8, 4) is 0 Å². The maximum atomic E-state index is 12.6. The Morgan fingerprint density at radius 1 is 1.58 bits per heavy atom. The van der Waals surface area contributed by atoms with Gasteiger partial charge in [-0.3, -0.25) is 0 Å². The average Bonchev–Trinajstić information content (AvgIpc) is 2.85. The Kier molecular flexibility index (Phi) is 4.27. The molecule has 1 aliphatic heterocycles. The molecule has 108 valence electrons. The van der Waals surface area contributed by atoms with E-state index in [0.717, 1.165) is 19.3 Å². The van der Waals surface area contributed by atoms with E-state index in [1.807, 2.05) is 0 Å². The number of aromatic nitrogens is 2. The van der Waals surface area contributed by atoms with Crippen LogP contribution in [0.3, 0.4) is 0 Å². The van der Waals surface area contributed by atoms with E-state index >= 15 is 0 Å². The Hall–Kier alpha value is -0.920. The van der Waals surface area contributed by atoms with E-state index in [-0.39, 0.29) is 11.1 Å². The molecule has 2 unspecified atom stereocenters. The maximum absolute atomic E-state index is 12.6. The van der Waals surface area contributed by atoms with Gasteiger partial charge in [-0.1, -0.05) is 13.3 Å². The summed E-state index contributed by atoms with van der Waals surface area (Å²) in [5, 5.41) is 0.165. The Labute approximate surface area is 114 Å². The molecule has 3 N–H and O–H groups in total. The van der Waals surface area contributed by atoms with Gasteiger partial charge < -0.3 is 10.7 Å². The SMILES string of the molecule is CCC1CCN(S(=O)(=O)c2cnc(C)[nH]2)C(CN)C1. The van der Waals surface area contributed by atoms with E-state index in [1.54, 1.807) is 6.92 Å². The van der Waals surface area contributed by atoms with Gasteiger partial charge in [-0.15, -0.1) is 0 Å². The number of H-pyrrole nitrogens is 1. The number of nitrogens with two attached hydrogens (primary N) is 1. The van der Waals surface area contributed by atoms with E-state index in [9.17, 15) is 8.42 Å². The van der Waals surface area contributed by atoms with Crippen LogP contribution >= 0.6 is 0 Å². The normalized spacial score (nSPS) is 25.6. The minimum atomic E-state index is -3.50. The molecule has 2 atom stereocenters. The number of sulfonamides is 1. The third-order valence-corrected chi connectivity index (χ3v) is 5.75. The van der Waals surface area contributed by atoms with Gasteiger partial charge in [0.1, 0.15) is 5.82 Å². The molecule has 0 radical (unpaired) electrons. The van der Waals surface area contributed by atoms with Crippen molar-refractivity contribution in [3.63, 3.8) is 0 Å². The third-order valence-electron chi connectivity index (χ3n) is 3.89. The molecule has 1 aromatic rings. The highest BCUT2D eigenvalue weighted by molar-refractivity contribution is 7.89. The monoisotopic (exact) mass is 286 g/mol. The Bertz CT molecular complexity index is 526. The van der Waals surface area contributed by atoms with Crippen LogP contribution < -0.4 is 5.73 Å². The van der Waals surface area contributed by atoms with Crippen molar-refractivity contribution >= 4 is 10.0 Å². The molecule has 1 fully saturated rings. The number of rotatable bonds is 4. The van der Waals surface area contributed by atoms with Crippen LogP contribution in [-0.2, 0) is 10.0 Å². The van der Waals surface area contributed by atoms with Crippen LogP contribution in [0.5, 0.6) is 0 Å². The first kappa shape index (κ1) is 14.5. The molecule has 7 heteroatoms. The van der Waals surface area contributed by atoms with Crippen LogP contribution in [0.2, 0.25) is 0 Å². The Morgan fingerprint density at radius 2 is 2.32 bits per heavy atom. The molecular formula is C12H22N4O2S. The quantitative estimate of drug-likeness (QED) is 0.858. The van der Waals surface area contributed by atoms with Gasteiger partial charge in [-0.05, 0) is 25.7 Å². The van der Waals surface area contributed by atoms with E-state index in [0.29, 0.717) is 24.8 Å². The Morgan fingerprint density at radius 3 is 2.84 bits per heavy atom. The topological polar surface area (TPSA) is 92.1 Å². The zero-order chi connectivity index (χ0) is 14.0. The largest absolute Gasteiger partial charge is 0.332 e. The van der Waals surface area contributed by atoms with Crippen LogP contribution in [0.15, 0.2) is 11.2 Å². The summed E-state index contributed by atoms with van der Waals surface area (Å²) in [5.74, 6) is 1.18. The number of imidazole rings is 1. The fourth-order valence-corrected chi connectivity index (χ4v) is 4.29. The molecule has 0 spiro atoms. The Balaban J connectivity index is 2.25. The first-order valence-corrected chi connectivity index (χ1v) is 8.16. The van der Waals surface area contributed by atoms with Crippen molar-refractivity contribution in [1.29, 1.82) is 0 Å². The van der Waals surface area contributed by atoms with Gasteiger partial charge in [-0.25, -0.2) is 13.4 Å². The summed E-state index contributed by atoms with van der Waals surface area (Å²) >= 11 is 0. The fourth-order valence-electron chi connectivity index (χ4n) is 2.67. The summed E-state index contributed by atoms with van der Waals surface area (Å²) in [6.07, 6.45) is 4.20. The van der Waals surface area contributed by atoms with E-state index < -0.39 is 10.0 Å². The zero-order valence-corrected chi connectivity index (χ0v) is 12.3. The number of piperidine rings is 1. The second-order valence-electron chi connectivity index (χ2n) is 5.14. The highest BCUT2D eigenvalue weighted by Crippen LogP contribution is 2.29. The van der Waals surface area contributed by atoms with Crippen LogP contribution in [0, 0.1) is 12.8 Å². The van der Waals surface area contributed by atoms with Gasteiger partial charge in [0.25, 0.3) is 10.0 Å². The summed E-state index contributed by atoms with van der Waals surface area (Å²) in [4.78, 5) is 6.77. The van der Waals surface area contributed by atoms with Gasteiger partial charge in [0.2, 0.25) is 0 Å². The molecule has 0 saturated carbocycles. The molecule has 0 amide bonds. The summed E-state index contributed by atoms with van der Waals surface area (Å²) < 4.78 is 26.7. The van der Waals surface area contributed by atoms with Gasteiger partial charge in [-0.2, -0.15) is 4.31 Å². The van der Waals surface area contributed by atoms with Crippen molar-refractivity contribution in [1.82, 2.24) is 14.3 Å². The van der Waals surface area contributed by atoms with E-state index in [4.69, 9.17) is 5.73 Å². The van der Waals surface area contributed by atoms with Crippen molar-refractivity contribution in [2.24, 2.45) is 11.7 Å². The molecule has 0 aromatic carbocycles. The van der Waals surface area contributed by atoms with Crippen molar-refractivity contribution < 1.29 is 8.42 Å². The van der Waals surface area contributed by atoms with Gasteiger partial charge in [0.15, 0.2) is 5.03 Å². The number of aromatic amines is 1. The van der Waals surface area contributed by atoms with Gasteiger partial charge >= 0.3 is 0 Å². The van der Waals surface area contributed by atoms with E-state index in [2.05, 4.69) is 16.9 Å². The molecule has 1 saturated heterocycles. The van der Waals surface area contributed by atoms with Crippen LogP contribution in [-0.4, -0.2) is 41.8 Å². The fraction of sp³-hybridized carbons (Fsp3) is 0.750. The second kappa shape index (κ2) is 5.60. The molecular weight excluding hydrogens is 264 g/mol. The summed E-state index contributed by atoms with van der Waals surface area (Å²) in [7, 11) is -3.50. The minimum absolute atomic E-state index is 0.104. The predicted octanol–water partition coefficient (Wildman–Crippen LogP) is 0.856. The molecule has 6 nitrogen and oxygen atoms in total. The first-order chi connectivity index (χ1) is 8.98. The van der Waals surface area contributed by atoms with Crippen molar-refractivity contribution in [3.05, 3.63) is 12.0 Å². The maximum Gasteiger partial charge on any atom is 0.260 e. The highest BCUT2D eigenvalue weighted by Gasteiger charge is 2.36. The molecule has 19 heavy (non-hydrogen) atoms. The van der Waals surface area contributed by atoms with Gasteiger partial charge in [0.05, 0.1) is 6.20 Å². The summed E-state index contributed by atoms with van der Waals surface area (Å²) in [5.41, 5.74) is 5.76. The number of nitrogens with one attached hydrogen (secondary N) is 1. The second-order valence-corrected chi connectivity index (χ2v) is 7.00. The molecule has 0 aliphatic carbocycles. The number of nitrogens with zero attached hydrogens (tertiary/aromatic N) is 2. The standard InChI is InChI=1S/C12H22N4O2S/c1-3-10-4-5-16(11(6-10)7-13)19(17,18)12-8-14-9(2)15-12/h8,10-11H,3-7,13H2,1-2H3,(H,14,15). The highest BCUT2D eigenvalue weighted by atomic mass is 32.2. The van der Waals surface area contributed by atoms with Crippen LogP contribution in [0.4, 0.5) is 0 Å². The summed E-state index contributed by atoms with van der Waals surface area (Å²) in [6, 6.07) is -0.104. The lowest BCUT2D eigenvalue weighted by atomic mass is 9.90. The number of hydrogen-bond donors (Lipinski definition) is 2. The summed E-state index contributed by atoms with van der Waals surface area (Å²) in [6.45, 7) is 4.78. The minimum Gasteiger partial charge on any atom is -0.332 e. The van der Waals surface area contributed by atoms with Gasteiger partial charge in [0, 0.05) is 19.1 Å². The lowest BCUT2D eigenvalue weighted by Gasteiger charge is -2.37. The predicted molar refractivity (Wildman–Crippen MR) is 73.1 cm³/mol. The molecule has 1 aliphatic rings. The number of aryl methyl sites for hydroxylation is 1. The molecule has 2 rings (SSSR count). The van der Waals surface area contributed by atoms with Crippen LogP contribution in [0.1, 0.15) is 32.0 Å². The molecule has 0 bridgehead atoms. The lowest BCUT2D eigenvalue weighted by Crippen LogP contribution is -2.49. The smallest absolute Gasteiger partial charge is 0.260 e. The first-order valence-electron chi connectivity index (χ1n) is 6.72. The lowest BCUT2D eigenvalue weighted by molar-refractivity contribution is 0.197. The molecule has 1 aromatic heterocycles. The molecule has 2 heterocycles. The van der Waals surface area contributed by atoms with Crippen LogP contribution in [0.25, 0.3) is 0 Å². The number of hydrogen-bond acceptors (Lipinski definition) is 4.